The van der Waals surface area contributed by atoms with Crippen molar-refractivity contribution in [1.82, 2.24) is 29.5 Å². The summed E-state index contributed by atoms with van der Waals surface area (Å²) in [4.78, 5) is 36.5. The molecule has 0 spiro atoms. The summed E-state index contributed by atoms with van der Waals surface area (Å²) in [6.45, 7) is 3.99. The van der Waals surface area contributed by atoms with E-state index in [1.165, 1.54) is 16.0 Å². The second-order valence-electron chi connectivity index (χ2n) is 6.61. The number of pyridine rings is 1. The Bertz CT molecular complexity index is 999. The number of urea groups is 1. The number of nitrogens with zero attached hydrogens (tertiary/aromatic N) is 6. The third-order valence-corrected chi connectivity index (χ3v) is 5.46. The van der Waals surface area contributed by atoms with Crippen molar-refractivity contribution >= 4 is 22.5 Å². The van der Waals surface area contributed by atoms with E-state index in [0.717, 1.165) is 24.3 Å². The van der Waals surface area contributed by atoms with Crippen molar-refractivity contribution in [3.8, 4) is 11.3 Å². The molecular formula is C19H21N7O2S. The van der Waals surface area contributed by atoms with Gasteiger partial charge in [-0.1, -0.05) is 0 Å². The van der Waals surface area contributed by atoms with Crippen molar-refractivity contribution in [2.75, 3.05) is 38.0 Å². The molecule has 10 heteroatoms. The van der Waals surface area contributed by atoms with Crippen LogP contribution in [0.25, 0.3) is 11.3 Å². The monoisotopic (exact) mass is 411 g/mol. The van der Waals surface area contributed by atoms with Crippen LogP contribution in [-0.4, -0.2) is 68.3 Å². The second kappa shape index (κ2) is 8.93. The summed E-state index contributed by atoms with van der Waals surface area (Å²) >= 11 is 1.40. The van der Waals surface area contributed by atoms with Crippen LogP contribution in [0.1, 0.15) is 0 Å². The number of amides is 2. The van der Waals surface area contributed by atoms with Crippen molar-refractivity contribution in [1.29, 1.82) is 0 Å². The lowest BCUT2D eigenvalue weighted by Gasteiger charge is -2.34. The Morgan fingerprint density at radius 3 is 2.55 bits per heavy atom. The van der Waals surface area contributed by atoms with Crippen LogP contribution in [0.4, 0.5) is 9.93 Å². The van der Waals surface area contributed by atoms with Crippen LogP contribution in [0.3, 0.4) is 0 Å². The molecule has 0 bridgehead atoms. The van der Waals surface area contributed by atoms with Crippen molar-refractivity contribution in [3.63, 3.8) is 0 Å². The molecule has 3 aromatic rings. The lowest BCUT2D eigenvalue weighted by Crippen LogP contribution is -2.50. The third kappa shape index (κ3) is 4.84. The van der Waals surface area contributed by atoms with Gasteiger partial charge in [0.2, 0.25) is 0 Å². The summed E-state index contributed by atoms with van der Waals surface area (Å²) in [5, 5.41) is 9.73. The van der Waals surface area contributed by atoms with Gasteiger partial charge in [-0.15, -0.1) is 11.3 Å². The largest absolute Gasteiger partial charge is 0.323 e. The zero-order chi connectivity index (χ0) is 20.1. The van der Waals surface area contributed by atoms with Gasteiger partial charge in [0.25, 0.3) is 5.56 Å². The van der Waals surface area contributed by atoms with Crippen molar-refractivity contribution in [2.45, 2.75) is 6.54 Å². The van der Waals surface area contributed by atoms with Gasteiger partial charge in [-0.25, -0.2) is 14.5 Å². The first kappa shape index (κ1) is 19.2. The normalized spacial score (nSPS) is 14.7. The lowest BCUT2D eigenvalue weighted by atomic mass is 10.2. The maximum absolute atomic E-state index is 12.3. The number of carbonyl (C=O) groups excluding carboxylic acids is 1. The fourth-order valence-electron chi connectivity index (χ4n) is 3.15. The van der Waals surface area contributed by atoms with Gasteiger partial charge >= 0.3 is 6.03 Å². The fraction of sp³-hybridized carbons (Fsp3) is 0.316. The Morgan fingerprint density at radius 1 is 1.03 bits per heavy atom. The molecular weight excluding hydrogens is 390 g/mol. The summed E-state index contributed by atoms with van der Waals surface area (Å²) in [7, 11) is 0. The molecule has 1 saturated heterocycles. The van der Waals surface area contributed by atoms with Crippen LogP contribution in [0.2, 0.25) is 0 Å². The molecule has 2 amide bonds. The Balaban J connectivity index is 1.30. The fourth-order valence-corrected chi connectivity index (χ4v) is 3.67. The SMILES string of the molecule is O=C(Nc1nccs1)N1CCN(CCn2nc(-c3ccncc3)ccc2=O)CC1. The van der Waals surface area contributed by atoms with E-state index in [4.69, 9.17) is 0 Å². The third-order valence-electron chi connectivity index (χ3n) is 4.78. The summed E-state index contributed by atoms with van der Waals surface area (Å²) in [6.07, 6.45) is 5.07. The summed E-state index contributed by atoms with van der Waals surface area (Å²) < 4.78 is 1.50. The van der Waals surface area contributed by atoms with Gasteiger partial charge in [0.15, 0.2) is 5.13 Å². The van der Waals surface area contributed by atoms with Gasteiger partial charge in [0.05, 0.1) is 12.2 Å². The van der Waals surface area contributed by atoms with Gasteiger partial charge in [-0.2, -0.15) is 5.10 Å². The van der Waals surface area contributed by atoms with E-state index in [1.807, 2.05) is 17.5 Å². The van der Waals surface area contributed by atoms with Crippen LogP contribution in [0, 0.1) is 0 Å². The van der Waals surface area contributed by atoms with Gasteiger partial charge in [-0.3, -0.25) is 20.0 Å². The van der Waals surface area contributed by atoms with Crippen LogP contribution in [0.5, 0.6) is 0 Å². The molecule has 0 atom stereocenters. The number of hydrogen-bond acceptors (Lipinski definition) is 7. The topological polar surface area (TPSA) is 96.2 Å². The molecule has 4 heterocycles. The van der Waals surface area contributed by atoms with E-state index < -0.39 is 0 Å². The first-order valence-electron chi connectivity index (χ1n) is 9.35. The number of carbonyl (C=O) groups is 1. The minimum Gasteiger partial charge on any atom is -0.322 e. The van der Waals surface area contributed by atoms with Crippen molar-refractivity contribution < 1.29 is 4.79 Å². The molecule has 1 fully saturated rings. The van der Waals surface area contributed by atoms with Crippen LogP contribution >= 0.6 is 11.3 Å². The maximum Gasteiger partial charge on any atom is 0.323 e. The van der Waals surface area contributed by atoms with E-state index >= 15 is 0 Å². The van der Waals surface area contributed by atoms with Crippen LogP contribution in [-0.2, 0) is 6.54 Å². The van der Waals surface area contributed by atoms with E-state index in [0.29, 0.717) is 31.3 Å². The number of aromatic nitrogens is 4. The molecule has 0 aromatic carbocycles. The molecule has 1 aliphatic rings. The lowest BCUT2D eigenvalue weighted by molar-refractivity contribution is 0.143. The summed E-state index contributed by atoms with van der Waals surface area (Å²) in [5.74, 6) is 0. The predicted octanol–water partition coefficient (Wildman–Crippen LogP) is 1.61. The van der Waals surface area contributed by atoms with Crippen molar-refractivity contribution in [2.24, 2.45) is 0 Å². The zero-order valence-corrected chi connectivity index (χ0v) is 16.6. The first-order chi connectivity index (χ1) is 14.2. The smallest absolute Gasteiger partial charge is 0.322 e. The van der Waals surface area contributed by atoms with Crippen molar-refractivity contribution in [3.05, 3.63) is 58.6 Å². The molecule has 9 nitrogen and oxygen atoms in total. The zero-order valence-electron chi connectivity index (χ0n) is 15.8. The number of thiazole rings is 1. The number of hydrogen-bond donors (Lipinski definition) is 1. The Hall–Kier alpha value is -3.11. The second-order valence-corrected chi connectivity index (χ2v) is 7.51. The molecule has 1 aliphatic heterocycles. The highest BCUT2D eigenvalue weighted by Gasteiger charge is 2.21. The molecule has 0 aliphatic carbocycles. The number of nitrogens with one attached hydrogen (secondary N) is 1. The summed E-state index contributed by atoms with van der Waals surface area (Å²) in [5.41, 5.74) is 1.55. The quantitative estimate of drug-likeness (QED) is 0.685. The first-order valence-corrected chi connectivity index (χ1v) is 10.2. The summed E-state index contributed by atoms with van der Waals surface area (Å²) in [6, 6.07) is 6.89. The van der Waals surface area contributed by atoms with E-state index in [9.17, 15) is 9.59 Å². The number of piperazine rings is 1. The molecule has 1 N–H and O–H groups in total. The molecule has 0 radical (unpaired) electrons. The van der Waals surface area contributed by atoms with Crippen LogP contribution in [0.15, 0.2) is 53.0 Å². The molecule has 0 unspecified atom stereocenters. The average Bonchev–Trinajstić information content (AvgIpc) is 3.27. The van der Waals surface area contributed by atoms with Gasteiger partial charge < -0.3 is 4.90 Å². The maximum atomic E-state index is 12.3. The molecule has 4 rings (SSSR count). The highest BCUT2D eigenvalue weighted by molar-refractivity contribution is 7.13. The van der Waals surface area contributed by atoms with E-state index in [1.54, 1.807) is 35.6 Å². The van der Waals surface area contributed by atoms with Gasteiger partial charge in [0, 0.05) is 68.3 Å². The van der Waals surface area contributed by atoms with E-state index in [-0.39, 0.29) is 11.6 Å². The highest BCUT2D eigenvalue weighted by atomic mass is 32.1. The van der Waals surface area contributed by atoms with Crippen LogP contribution < -0.4 is 10.9 Å². The Kier molecular flexibility index (Phi) is 5.92. The predicted molar refractivity (Wildman–Crippen MR) is 111 cm³/mol. The number of rotatable bonds is 5. The molecule has 0 saturated carbocycles. The highest BCUT2D eigenvalue weighted by Crippen LogP contribution is 2.14. The van der Waals surface area contributed by atoms with Gasteiger partial charge in [0.1, 0.15) is 0 Å². The molecule has 29 heavy (non-hydrogen) atoms. The average molecular weight is 411 g/mol. The molecule has 150 valence electrons. The number of anilines is 1. The Morgan fingerprint density at radius 2 is 1.83 bits per heavy atom. The standard InChI is InChI=1S/C19H21N7O2S/c27-17-2-1-16(15-3-5-20-6-4-15)23-26(17)13-10-24-8-11-25(12-9-24)19(28)22-18-21-7-14-29-18/h1-7,14H,8-13H2,(H,21,22,28). The van der Waals surface area contributed by atoms with Gasteiger partial charge in [-0.05, 0) is 18.2 Å². The van der Waals surface area contributed by atoms with E-state index in [2.05, 4.69) is 25.3 Å². The minimum atomic E-state index is -0.123. The molecule has 3 aromatic heterocycles. The Labute approximate surface area is 171 Å². The minimum absolute atomic E-state index is 0.121.